The highest BCUT2D eigenvalue weighted by Gasteiger charge is 2.05. The van der Waals surface area contributed by atoms with Crippen molar-refractivity contribution in [3.63, 3.8) is 0 Å². The summed E-state index contributed by atoms with van der Waals surface area (Å²) in [4.78, 5) is 12.0. The third-order valence-electron chi connectivity index (χ3n) is 3.79. The van der Waals surface area contributed by atoms with Gasteiger partial charge in [0.2, 0.25) is 0 Å². The summed E-state index contributed by atoms with van der Waals surface area (Å²) < 4.78 is 2.23. The van der Waals surface area contributed by atoms with Crippen LogP contribution in [0.5, 0.6) is 0 Å². The molecule has 3 aromatic rings. The third-order valence-corrected chi connectivity index (χ3v) is 3.79. The van der Waals surface area contributed by atoms with Crippen LogP contribution in [0, 0.1) is 0 Å². The zero-order valence-corrected chi connectivity index (χ0v) is 13.3. The summed E-state index contributed by atoms with van der Waals surface area (Å²) in [5.41, 5.74) is 3.08. The second-order valence-corrected chi connectivity index (χ2v) is 5.58. The molecule has 2 N–H and O–H groups in total. The molecule has 4 heteroatoms. The molecule has 0 saturated heterocycles. The van der Waals surface area contributed by atoms with Gasteiger partial charge in [-0.1, -0.05) is 37.3 Å². The maximum atomic E-state index is 12.0. The molecule has 0 saturated carbocycles. The van der Waals surface area contributed by atoms with E-state index >= 15 is 0 Å². The lowest BCUT2D eigenvalue weighted by molar-refractivity contribution is 0.251. The normalized spacial score (nSPS) is 10.7. The number of benzene rings is 2. The maximum Gasteiger partial charge on any atom is 0.319 e. The third kappa shape index (κ3) is 3.72. The first-order valence-corrected chi connectivity index (χ1v) is 7.94. The van der Waals surface area contributed by atoms with Gasteiger partial charge >= 0.3 is 6.03 Å². The summed E-state index contributed by atoms with van der Waals surface area (Å²) in [5.74, 6) is 0. The van der Waals surface area contributed by atoms with Gasteiger partial charge in [-0.2, -0.15) is 0 Å². The molecule has 0 spiro atoms. The number of carbonyl (C=O) groups excluding carboxylic acids is 1. The minimum absolute atomic E-state index is 0.193. The quantitative estimate of drug-likeness (QED) is 0.722. The molecule has 3 rings (SSSR count). The molecule has 0 aliphatic carbocycles. The Balaban J connectivity index is 1.63. The van der Waals surface area contributed by atoms with Crippen molar-refractivity contribution >= 4 is 22.6 Å². The zero-order valence-electron chi connectivity index (χ0n) is 13.3. The van der Waals surface area contributed by atoms with E-state index in [4.69, 9.17) is 0 Å². The van der Waals surface area contributed by atoms with Gasteiger partial charge in [-0.3, -0.25) is 0 Å². The molecule has 2 amide bonds. The second kappa shape index (κ2) is 7.01. The molecule has 0 radical (unpaired) electrons. The van der Waals surface area contributed by atoms with Crippen molar-refractivity contribution in [3.8, 4) is 0 Å². The maximum absolute atomic E-state index is 12.0. The number of aryl methyl sites for hydroxylation is 1. The highest BCUT2D eigenvalue weighted by molar-refractivity contribution is 5.92. The van der Waals surface area contributed by atoms with Crippen molar-refractivity contribution in [2.75, 3.05) is 5.32 Å². The standard InChI is InChI=1S/C19H21N3O/c1-2-11-22-12-10-16-13-17(8-9-18(16)22)21-19(23)20-14-15-6-4-3-5-7-15/h3-10,12-13H,2,11,14H2,1H3,(H2,20,21,23). The number of hydrogen-bond acceptors (Lipinski definition) is 1. The molecule has 4 nitrogen and oxygen atoms in total. The summed E-state index contributed by atoms with van der Waals surface area (Å²) in [5, 5.41) is 6.89. The van der Waals surface area contributed by atoms with E-state index in [-0.39, 0.29) is 6.03 Å². The molecule has 23 heavy (non-hydrogen) atoms. The smallest absolute Gasteiger partial charge is 0.319 e. The van der Waals surface area contributed by atoms with Gasteiger partial charge in [0.15, 0.2) is 0 Å². The number of urea groups is 1. The first-order valence-electron chi connectivity index (χ1n) is 7.94. The Morgan fingerprint density at radius 1 is 1.09 bits per heavy atom. The summed E-state index contributed by atoms with van der Waals surface area (Å²) in [6, 6.07) is 17.7. The van der Waals surface area contributed by atoms with E-state index in [1.807, 2.05) is 42.5 Å². The lowest BCUT2D eigenvalue weighted by Crippen LogP contribution is -2.28. The number of anilines is 1. The molecule has 2 aromatic carbocycles. The average Bonchev–Trinajstić information content (AvgIpc) is 2.97. The van der Waals surface area contributed by atoms with Crippen LogP contribution in [0.3, 0.4) is 0 Å². The zero-order chi connectivity index (χ0) is 16.1. The van der Waals surface area contributed by atoms with Crippen LogP contribution < -0.4 is 10.6 Å². The predicted octanol–water partition coefficient (Wildman–Crippen LogP) is 4.37. The molecule has 0 unspecified atom stereocenters. The van der Waals surface area contributed by atoms with E-state index in [0.717, 1.165) is 29.6 Å². The number of nitrogens with one attached hydrogen (secondary N) is 2. The van der Waals surface area contributed by atoms with Crippen LogP contribution in [0.4, 0.5) is 10.5 Å². The van der Waals surface area contributed by atoms with Crippen molar-refractivity contribution in [1.82, 2.24) is 9.88 Å². The van der Waals surface area contributed by atoms with Gasteiger partial charge in [-0.25, -0.2) is 4.79 Å². The minimum atomic E-state index is -0.193. The van der Waals surface area contributed by atoms with Crippen molar-refractivity contribution in [3.05, 3.63) is 66.4 Å². The Labute approximate surface area is 136 Å². The molecule has 0 fully saturated rings. The molecule has 118 valence electrons. The number of rotatable bonds is 5. The van der Waals surface area contributed by atoms with Crippen LogP contribution in [0.15, 0.2) is 60.8 Å². The lowest BCUT2D eigenvalue weighted by Gasteiger charge is -2.09. The first kappa shape index (κ1) is 15.2. The first-order chi connectivity index (χ1) is 11.3. The highest BCUT2D eigenvalue weighted by Crippen LogP contribution is 2.20. The number of fused-ring (bicyclic) bond motifs is 1. The van der Waals surface area contributed by atoms with Crippen LogP contribution >= 0.6 is 0 Å². The number of amides is 2. The van der Waals surface area contributed by atoms with Gasteiger partial charge in [0.05, 0.1) is 0 Å². The van der Waals surface area contributed by atoms with Crippen LogP contribution in [0.1, 0.15) is 18.9 Å². The summed E-state index contributed by atoms with van der Waals surface area (Å²) in [7, 11) is 0. The molecule has 0 atom stereocenters. The monoisotopic (exact) mass is 307 g/mol. The molecular weight excluding hydrogens is 286 g/mol. The number of carbonyl (C=O) groups is 1. The summed E-state index contributed by atoms with van der Waals surface area (Å²) in [6.07, 6.45) is 3.19. The van der Waals surface area contributed by atoms with Gasteiger partial charge in [0.1, 0.15) is 0 Å². The fourth-order valence-corrected chi connectivity index (χ4v) is 2.67. The van der Waals surface area contributed by atoms with E-state index in [2.05, 4.69) is 40.5 Å². The van der Waals surface area contributed by atoms with Gasteiger partial charge in [-0.05, 0) is 36.2 Å². The van der Waals surface area contributed by atoms with Gasteiger partial charge in [0.25, 0.3) is 0 Å². The second-order valence-electron chi connectivity index (χ2n) is 5.58. The highest BCUT2D eigenvalue weighted by atomic mass is 16.2. The number of nitrogens with zero attached hydrogens (tertiary/aromatic N) is 1. The van der Waals surface area contributed by atoms with Crippen LogP contribution in [0.25, 0.3) is 10.9 Å². The van der Waals surface area contributed by atoms with Gasteiger partial charge < -0.3 is 15.2 Å². The van der Waals surface area contributed by atoms with E-state index in [9.17, 15) is 4.79 Å². The predicted molar refractivity (Wildman–Crippen MR) is 94.5 cm³/mol. The number of aromatic nitrogens is 1. The fourth-order valence-electron chi connectivity index (χ4n) is 2.67. The number of hydrogen-bond donors (Lipinski definition) is 2. The SMILES string of the molecule is CCCn1ccc2cc(NC(=O)NCc3ccccc3)ccc21. The Kier molecular flexibility index (Phi) is 4.62. The van der Waals surface area contributed by atoms with Gasteiger partial charge in [-0.15, -0.1) is 0 Å². The Morgan fingerprint density at radius 2 is 1.91 bits per heavy atom. The van der Waals surface area contributed by atoms with E-state index < -0.39 is 0 Å². The van der Waals surface area contributed by atoms with Crippen LogP contribution in [-0.2, 0) is 13.1 Å². The van der Waals surface area contributed by atoms with Crippen molar-refractivity contribution in [2.24, 2.45) is 0 Å². The molecule has 1 aromatic heterocycles. The van der Waals surface area contributed by atoms with Crippen molar-refractivity contribution < 1.29 is 4.79 Å². The lowest BCUT2D eigenvalue weighted by atomic mass is 10.2. The average molecular weight is 307 g/mol. The largest absolute Gasteiger partial charge is 0.347 e. The molecule has 1 heterocycles. The topological polar surface area (TPSA) is 46.1 Å². The van der Waals surface area contributed by atoms with E-state index in [1.165, 1.54) is 5.52 Å². The Hall–Kier alpha value is -2.75. The van der Waals surface area contributed by atoms with Crippen molar-refractivity contribution in [2.45, 2.75) is 26.4 Å². The van der Waals surface area contributed by atoms with E-state index in [0.29, 0.717) is 6.54 Å². The minimum Gasteiger partial charge on any atom is -0.347 e. The van der Waals surface area contributed by atoms with E-state index in [1.54, 1.807) is 0 Å². The summed E-state index contributed by atoms with van der Waals surface area (Å²) >= 11 is 0. The molecule has 0 aliphatic heterocycles. The van der Waals surface area contributed by atoms with Crippen LogP contribution in [-0.4, -0.2) is 10.6 Å². The van der Waals surface area contributed by atoms with Gasteiger partial charge in [0, 0.05) is 35.9 Å². The Morgan fingerprint density at radius 3 is 2.70 bits per heavy atom. The summed E-state index contributed by atoms with van der Waals surface area (Å²) in [6.45, 7) is 3.69. The molecular formula is C19H21N3O. The Bertz CT molecular complexity index is 793. The molecule has 0 bridgehead atoms. The van der Waals surface area contributed by atoms with Crippen LogP contribution in [0.2, 0.25) is 0 Å². The fraction of sp³-hybridized carbons (Fsp3) is 0.211. The molecule has 0 aliphatic rings. The van der Waals surface area contributed by atoms with Crippen molar-refractivity contribution in [1.29, 1.82) is 0 Å².